The standard InChI is InChI=1S/C19H19N3O/c1-12-2-4-13(5-3-12)6-8-21-16-10-15-17-14(7-9-20-15)11-22-18(17)19(16)23/h2-5,10-11,21,23H,6-9H2,1H3. The zero-order valence-corrected chi connectivity index (χ0v) is 13.1. The number of hydrogen-bond acceptors (Lipinski definition) is 4. The third kappa shape index (κ3) is 2.50. The van der Waals surface area contributed by atoms with Crippen LogP contribution in [0.1, 0.15) is 17.5 Å². The van der Waals surface area contributed by atoms with Crippen LogP contribution in [0.15, 0.2) is 40.3 Å². The molecule has 2 aromatic carbocycles. The zero-order valence-electron chi connectivity index (χ0n) is 13.1. The van der Waals surface area contributed by atoms with Gasteiger partial charge in [-0.1, -0.05) is 29.8 Å². The number of benzene rings is 2. The van der Waals surface area contributed by atoms with E-state index in [4.69, 9.17) is 0 Å². The van der Waals surface area contributed by atoms with Gasteiger partial charge in [-0.15, -0.1) is 0 Å². The van der Waals surface area contributed by atoms with Crippen molar-refractivity contribution in [3.05, 3.63) is 52.0 Å². The minimum atomic E-state index is 0.232. The van der Waals surface area contributed by atoms with Gasteiger partial charge in [-0.05, 0) is 37.0 Å². The van der Waals surface area contributed by atoms with E-state index in [1.807, 2.05) is 12.3 Å². The molecule has 0 spiro atoms. The molecule has 0 atom stereocenters. The first kappa shape index (κ1) is 14.0. The Morgan fingerprint density at radius 1 is 1.22 bits per heavy atom. The van der Waals surface area contributed by atoms with Gasteiger partial charge in [0.15, 0.2) is 5.75 Å². The van der Waals surface area contributed by atoms with Crippen molar-refractivity contribution in [1.82, 2.24) is 0 Å². The van der Waals surface area contributed by atoms with E-state index in [-0.39, 0.29) is 5.75 Å². The molecular weight excluding hydrogens is 286 g/mol. The van der Waals surface area contributed by atoms with Gasteiger partial charge in [0.25, 0.3) is 0 Å². The minimum Gasteiger partial charge on any atom is -0.504 e. The Bertz CT molecular complexity index is 911. The minimum absolute atomic E-state index is 0.232. The maximum atomic E-state index is 10.5. The molecule has 116 valence electrons. The monoisotopic (exact) mass is 305 g/mol. The molecule has 0 saturated carbocycles. The molecule has 0 unspecified atom stereocenters. The predicted octanol–water partition coefficient (Wildman–Crippen LogP) is 2.25. The Morgan fingerprint density at radius 2 is 2.04 bits per heavy atom. The number of phenols is 1. The Hall–Kier alpha value is -2.62. The van der Waals surface area contributed by atoms with E-state index >= 15 is 0 Å². The number of aliphatic imine (C=N–C) groups is 1. The van der Waals surface area contributed by atoms with Crippen molar-refractivity contribution in [3.63, 3.8) is 0 Å². The average molecular weight is 305 g/mol. The van der Waals surface area contributed by atoms with Crippen LogP contribution in [0.3, 0.4) is 0 Å². The lowest BCUT2D eigenvalue weighted by molar-refractivity contribution is 0.478. The van der Waals surface area contributed by atoms with Gasteiger partial charge in [-0.25, -0.2) is 0 Å². The highest BCUT2D eigenvalue weighted by molar-refractivity contribution is 6.08. The van der Waals surface area contributed by atoms with Gasteiger partial charge in [-0.2, -0.15) is 0 Å². The third-order valence-electron chi connectivity index (χ3n) is 4.44. The zero-order chi connectivity index (χ0) is 15.8. The first-order valence-electron chi connectivity index (χ1n) is 7.99. The van der Waals surface area contributed by atoms with Crippen LogP contribution in [-0.2, 0) is 6.42 Å². The van der Waals surface area contributed by atoms with Crippen molar-refractivity contribution in [1.29, 1.82) is 0 Å². The molecule has 2 heterocycles. The summed E-state index contributed by atoms with van der Waals surface area (Å²) in [5.41, 5.74) is 5.12. The van der Waals surface area contributed by atoms with Crippen molar-refractivity contribution in [2.75, 3.05) is 18.4 Å². The topological polar surface area (TPSA) is 57.0 Å². The summed E-state index contributed by atoms with van der Waals surface area (Å²) in [5, 5.41) is 15.8. The largest absolute Gasteiger partial charge is 0.504 e. The van der Waals surface area contributed by atoms with Crippen LogP contribution < -0.4 is 15.9 Å². The number of aryl methyl sites for hydroxylation is 1. The number of aromatic hydroxyl groups is 1. The van der Waals surface area contributed by atoms with Crippen LogP contribution in [0.5, 0.6) is 5.75 Å². The maximum absolute atomic E-state index is 10.5. The molecule has 2 aliphatic rings. The molecule has 0 saturated heterocycles. The Labute approximate surface area is 134 Å². The fourth-order valence-electron chi connectivity index (χ4n) is 3.14. The Morgan fingerprint density at radius 3 is 2.87 bits per heavy atom. The first-order chi connectivity index (χ1) is 11.2. The van der Waals surface area contributed by atoms with Crippen molar-refractivity contribution in [3.8, 4) is 5.75 Å². The highest BCUT2D eigenvalue weighted by atomic mass is 16.3. The molecular formula is C19H19N3O. The predicted molar refractivity (Wildman–Crippen MR) is 93.3 cm³/mol. The molecule has 4 nitrogen and oxygen atoms in total. The number of nitrogens with one attached hydrogen (secondary N) is 1. The van der Waals surface area contributed by atoms with Crippen molar-refractivity contribution in [2.24, 2.45) is 9.98 Å². The Balaban J connectivity index is 1.57. The summed E-state index contributed by atoms with van der Waals surface area (Å²) in [6.45, 7) is 3.64. The molecule has 0 aromatic heterocycles. The van der Waals surface area contributed by atoms with Crippen molar-refractivity contribution >= 4 is 23.2 Å². The van der Waals surface area contributed by atoms with Gasteiger partial charge in [0.2, 0.25) is 0 Å². The molecule has 2 aliphatic heterocycles. The van der Waals surface area contributed by atoms with E-state index < -0.39 is 0 Å². The van der Waals surface area contributed by atoms with Gasteiger partial charge in [0.1, 0.15) is 5.69 Å². The number of hydrogen-bond donors (Lipinski definition) is 2. The second-order valence-corrected chi connectivity index (χ2v) is 6.09. The smallest absolute Gasteiger partial charge is 0.165 e. The lowest BCUT2D eigenvalue weighted by Gasteiger charge is -2.12. The van der Waals surface area contributed by atoms with E-state index in [1.54, 1.807) is 0 Å². The fourth-order valence-corrected chi connectivity index (χ4v) is 3.14. The van der Waals surface area contributed by atoms with Crippen LogP contribution >= 0.6 is 0 Å². The highest BCUT2D eigenvalue weighted by Gasteiger charge is 2.18. The summed E-state index contributed by atoms with van der Waals surface area (Å²) in [6, 6.07) is 10.5. The van der Waals surface area contributed by atoms with Crippen LogP contribution in [0.2, 0.25) is 0 Å². The molecule has 2 aromatic rings. The summed E-state index contributed by atoms with van der Waals surface area (Å²) in [4.78, 5) is 8.95. The van der Waals surface area contributed by atoms with Gasteiger partial charge < -0.3 is 10.4 Å². The van der Waals surface area contributed by atoms with Crippen LogP contribution in [0, 0.1) is 6.92 Å². The average Bonchev–Trinajstić information content (AvgIpc) is 3.00. The van der Waals surface area contributed by atoms with Crippen LogP contribution in [-0.4, -0.2) is 24.4 Å². The summed E-state index contributed by atoms with van der Waals surface area (Å²) >= 11 is 0. The van der Waals surface area contributed by atoms with Crippen molar-refractivity contribution in [2.45, 2.75) is 19.8 Å². The maximum Gasteiger partial charge on any atom is 0.165 e. The van der Waals surface area contributed by atoms with Gasteiger partial charge in [-0.3, -0.25) is 9.98 Å². The Kier molecular flexibility index (Phi) is 3.37. The normalized spacial score (nSPS) is 14.6. The van der Waals surface area contributed by atoms with E-state index in [9.17, 15) is 5.11 Å². The third-order valence-corrected chi connectivity index (χ3v) is 4.44. The van der Waals surface area contributed by atoms with Crippen LogP contribution in [0.25, 0.3) is 5.57 Å². The molecule has 0 radical (unpaired) electrons. The molecule has 0 amide bonds. The molecule has 0 fully saturated rings. The summed E-state index contributed by atoms with van der Waals surface area (Å²) in [7, 11) is 0. The SMILES string of the molecule is Cc1ccc(CCNc2cc3c4c(c2O)N=CC=4CCN=3)cc1. The number of anilines is 1. The summed E-state index contributed by atoms with van der Waals surface area (Å²) in [5.74, 6) is 0.232. The lowest BCUT2D eigenvalue weighted by Crippen LogP contribution is -2.30. The van der Waals surface area contributed by atoms with Gasteiger partial charge in [0.05, 0.1) is 11.0 Å². The molecule has 23 heavy (non-hydrogen) atoms. The number of rotatable bonds is 4. The number of phenolic OH excluding ortho intramolecular Hbond substituents is 1. The second-order valence-electron chi connectivity index (χ2n) is 6.09. The number of nitrogens with zero attached hydrogens (tertiary/aromatic N) is 2. The van der Waals surface area contributed by atoms with Gasteiger partial charge >= 0.3 is 0 Å². The van der Waals surface area contributed by atoms with E-state index in [1.165, 1.54) is 16.7 Å². The first-order valence-corrected chi connectivity index (χ1v) is 7.99. The molecule has 4 heteroatoms. The van der Waals surface area contributed by atoms with Gasteiger partial charge in [0, 0.05) is 24.5 Å². The lowest BCUT2D eigenvalue weighted by atomic mass is 10.1. The van der Waals surface area contributed by atoms with E-state index in [0.29, 0.717) is 5.69 Å². The summed E-state index contributed by atoms with van der Waals surface area (Å²) < 4.78 is 0. The van der Waals surface area contributed by atoms with Crippen LogP contribution in [0.4, 0.5) is 11.4 Å². The molecule has 0 bridgehead atoms. The highest BCUT2D eigenvalue weighted by Crippen LogP contribution is 2.32. The van der Waals surface area contributed by atoms with Crippen molar-refractivity contribution < 1.29 is 5.11 Å². The fraction of sp³-hybridized carbons (Fsp3) is 0.263. The molecule has 2 N–H and O–H groups in total. The quantitative estimate of drug-likeness (QED) is 0.851. The molecule has 4 rings (SSSR count). The van der Waals surface area contributed by atoms with E-state index in [0.717, 1.165) is 42.2 Å². The van der Waals surface area contributed by atoms with E-state index in [2.05, 4.69) is 46.5 Å². The summed E-state index contributed by atoms with van der Waals surface area (Å²) in [6.07, 6.45) is 3.67. The molecule has 0 aliphatic carbocycles. The second kappa shape index (κ2) is 5.54.